The fourth-order valence-electron chi connectivity index (χ4n) is 2.91. The number of piperidine rings is 1. The van der Waals surface area contributed by atoms with E-state index in [1.165, 1.54) is 12.0 Å². The van der Waals surface area contributed by atoms with Crippen LogP contribution >= 0.6 is 0 Å². The van der Waals surface area contributed by atoms with Gasteiger partial charge in [0.05, 0.1) is 0 Å². The first-order valence-corrected chi connectivity index (χ1v) is 8.23. The van der Waals surface area contributed by atoms with Crippen LogP contribution in [-0.4, -0.2) is 36.5 Å². The first-order valence-electron chi connectivity index (χ1n) is 8.23. The molecule has 0 spiro atoms. The van der Waals surface area contributed by atoms with E-state index in [0.29, 0.717) is 11.9 Å². The summed E-state index contributed by atoms with van der Waals surface area (Å²) in [4.78, 5) is 13.9. The van der Waals surface area contributed by atoms with Crippen LogP contribution in [0.1, 0.15) is 38.7 Å². The fourth-order valence-corrected chi connectivity index (χ4v) is 2.91. The molecule has 1 heterocycles. The number of nitrogens with zero attached hydrogens (tertiary/aromatic N) is 1. The van der Waals surface area contributed by atoms with Crippen molar-refractivity contribution in [2.75, 3.05) is 19.6 Å². The number of benzene rings is 1. The molecule has 1 fully saturated rings. The average Bonchev–Trinajstić information content (AvgIpc) is 2.52. The number of carbonyl (C=O) groups is 1. The van der Waals surface area contributed by atoms with Crippen molar-refractivity contribution in [3.8, 4) is 0 Å². The van der Waals surface area contributed by atoms with Crippen LogP contribution in [-0.2, 0) is 11.2 Å². The molecule has 1 aromatic carbocycles. The second kappa shape index (κ2) is 8.18. The van der Waals surface area contributed by atoms with E-state index in [9.17, 15) is 4.79 Å². The predicted molar refractivity (Wildman–Crippen MR) is 87.2 cm³/mol. The Morgan fingerprint density at radius 2 is 1.90 bits per heavy atom. The van der Waals surface area contributed by atoms with Gasteiger partial charge in [0, 0.05) is 25.0 Å². The summed E-state index contributed by atoms with van der Waals surface area (Å²) in [6, 6.07) is 11.2. The Morgan fingerprint density at radius 3 is 2.52 bits per heavy atom. The van der Waals surface area contributed by atoms with E-state index in [-0.39, 0.29) is 5.92 Å². The molecule has 1 aliphatic heterocycles. The molecule has 0 saturated carbocycles. The molecule has 0 aliphatic carbocycles. The van der Waals surface area contributed by atoms with Gasteiger partial charge in [-0.3, -0.25) is 4.79 Å². The van der Waals surface area contributed by atoms with E-state index in [1.807, 2.05) is 18.7 Å². The van der Waals surface area contributed by atoms with Gasteiger partial charge in [-0.25, -0.2) is 0 Å². The van der Waals surface area contributed by atoms with E-state index in [0.717, 1.165) is 38.9 Å². The monoisotopic (exact) mass is 288 g/mol. The summed E-state index contributed by atoms with van der Waals surface area (Å²) < 4.78 is 0. The molecule has 3 heteroatoms. The molecule has 2 rings (SSSR count). The lowest BCUT2D eigenvalue weighted by atomic mass is 10.0. The molecule has 1 N–H and O–H groups in total. The number of hydrogen-bond acceptors (Lipinski definition) is 2. The van der Waals surface area contributed by atoms with Crippen molar-refractivity contribution in [1.29, 1.82) is 0 Å². The van der Waals surface area contributed by atoms with Gasteiger partial charge in [-0.05, 0) is 37.8 Å². The number of hydrogen-bond donors (Lipinski definition) is 1. The quantitative estimate of drug-likeness (QED) is 0.816. The molecule has 0 unspecified atom stereocenters. The van der Waals surface area contributed by atoms with Crippen LogP contribution in [0, 0.1) is 5.92 Å². The van der Waals surface area contributed by atoms with Crippen molar-refractivity contribution in [1.82, 2.24) is 10.2 Å². The van der Waals surface area contributed by atoms with Crippen LogP contribution in [0.4, 0.5) is 0 Å². The minimum atomic E-state index is 0.125. The molecule has 0 aromatic heterocycles. The van der Waals surface area contributed by atoms with Gasteiger partial charge >= 0.3 is 0 Å². The van der Waals surface area contributed by atoms with E-state index >= 15 is 0 Å². The Bertz CT molecular complexity index is 422. The third kappa shape index (κ3) is 5.16. The normalized spacial score (nSPS) is 16.4. The zero-order chi connectivity index (χ0) is 15.1. The molecule has 1 amide bonds. The Morgan fingerprint density at radius 1 is 1.24 bits per heavy atom. The molecular formula is C18H28N2O. The van der Waals surface area contributed by atoms with Gasteiger partial charge in [0.15, 0.2) is 0 Å². The Balaban J connectivity index is 1.60. The molecule has 1 aromatic rings. The summed E-state index contributed by atoms with van der Waals surface area (Å²) in [5, 5.41) is 3.64. The Hall–Kier alpha value is -1.35. The average molecular weight is 288 g/mol. The molecule has 1 aliphatic rings. The third-order valence-electron chi connectivity index (χ3n) is 4.22. The van der Waals surface area contributed by atoms with Crippen molar-refractivity contribution < 1.29 is 4.79 Å². The molecule has 0 bridgehead atoms. The Kier molecular flexibility index (Phi) is 6.24. The fraction of sp³-hybridized carbons (Fsp3) is 0.611. The summed E-state index contributed by atoms with van der Waals surface area (Å²) in [6.45, 7) is 6.85. The van der Waals surface area contributed by atoms with Gasteiger partial charge in [-0.2, -0.15) is 0 Å². The number of likely N-dealkylation sites (tertiary alicyclic amines) is 1. The standard InChI is InChI=1S/C18H28N2O/c1-15(2)18(21)20-13-10-17(11-14-20)19-12-6-9-16-7-4-3-5-8-16/h3-5,7-8,15,17,19H,6,9-14H2,1-2H3. The van der Waals surface area contributed by atoms with Crippen molar-refractivity contribution >= 4 is 5.91 Å². The molecule has 3 nitrogen and oxygen atoms in total. The SMILES string of the molecule is CC(C)C(=O)N1CCC(NCCCc2ccccc2)CC1. The molecule has 0 atom stereocenters. The summed E-state index contributed by atoms with van der Waals surface area (Å²) in [5.41, 5.74) is 1.41. The maximum absolute atomic E-state index is 11.9. The van der Waals surface area contributed by atoms with Crippen LogP contribution in [0.15, 0.2) is 30.3 Å². The first kappa shape index (κ1) is 16.0. The summed E-state index contributed by atoms with van der Waals surface area (Å²) in [5.74, 6) is 0.429. The minimum absolute atomic E-state index is 0.125. The maximum atomic E-state index is 11.9. The molecule has 1 saturated heterocycles. The lowest BCUT2D eigenvalue weighted by Crippen LogP contribution is -2.46. The maximum Gasteiger partial charge on any atom is 0.225 e. The third-order valence-corrected chi connectivity index (χ3v) is 4.22. The largest absolute Gasteiger partial charge is 0.342 e. The number of rotatable bonds is 6. The van der Waals surface area contributed by atoms with Gasteiger partial charge in [-0.1, -0.05) is 44.2 Å². The lowest BCUT2D eigenvalue weighted by Gasteiger charge is -2.33. The van der Waals surface area contributed by atoms with Crippen molar-refractivity contribution in [2.24, 2.45) is 5.92 Å². The molecular weight excluding hydrogens is 260 g/mol. The number of aryl methyl sites for hydroxylation is 1. The van der Waals surface area contributed by atoms with Gasteiger partial charge in [0.2, 0.25) is 5.91 Å². The Labute approximate surface area is 128 Å². The molecule has 116 valence electrons. The molecule has 0 radical (unpaired) electrons. The van der Waals surface area contributed by atoms with Gasteiger partial charge < -0.3 is 10.2 Å². The van der Waals surface area contributed by atoms with E-state index in [4.69, 9.17) is 0 Å². The number of amides is 1. The highest BCUT2D eigenvalue weighted by Crippen LogP contribution is 2.13. The van der Waals surface area contributed by atoms with Crippen molar-refractivity contribution in [3.63, 3.8) is 0 Å². The van der Waals surface area contributed by atoms with Gasteiger partial charge in [0.25, 0.3) is 0 Å². The van der Waals surface area contributed by atoms with Crippen LogP contribution in [0.25, 0.3) is 0 Å². The van der Waals surface area contributed by atoms with Gasteiger partial charge in [-0.15, -0.1) is 0 Å². The van der Waals surface area contributed by atoms with E-state index in [2.05, 4.69) is 35.6 Å². The first-order chi connectivity index (χ1) is 10.2. The van der Waals surface area contributed by atoms with Crippen LogP contribution < -0.4 is 5.32 Å². The highest BCUT2D eigenvalue weighted by atomic mass is 16.2. The van der Waals surface area contributed by atoms with Crippen LogP contribution in [0.5, 0.6) is 0 Å². The second-order valence-corrected chi connectivity index (χ2v) is 6.30. The number of carbonyl (C=O) groups excluding carboxylic acids is 1. The van der Waals surface area contributed by atoms with Crippen LogP contribution in [0.2, 0.25) is 0 Å². The minimum Gasteiger partial charge on any atom is -0.342 e. The van der Waals surface area contributed by atoms with E-state index < -0.39 is 0 Å². The summed E-state index contributed by atoms with van der Waals surface area (Å²) in [6.07, 6.45) is 4.49. The zero-order valence-corrected chi connectivity index (χ0v) is 13.3. The smallest absolute Gasteiger partial charge is 0.225 e. The predicted octanol–water partition coefficient (Wildman–Crippen LogP) is 2.86. The topological polar surface area (TPSA) is 32.3 Å². The zero-order valence-electron chi connectivity index (χ0n) is 13.3. The highest BCUT2D eigenvalue weighted by molar-refractivity contribution is 5.78. The molecule has 21 heavy (non-hydrogen) atoms. The second-order valence-electron chi connectivity index (χ2n) is 6.30. The summed E-state index contributed by atoms with van der Waals surface area (Å²) in [7, 11) is 0. The lowest BCUT2D eigenvalue weighted by molar-refractivity contribution is -0.135. The highest BCUT2D eigenvalue weighted by Gasteiger charge is 2.23. The van der Waals surface area contributed by atoms with Crippen LogP contribution in [0.3, 0.4) is 0 Å². The van der Waals surface area contributed by atoms with E-state index in [1.54, 1.807) is 0 Å². The number of nitrogens with one attached hydrogen (secondary N) is 1. The summed E-state index contributed by atoms with van der Waals surface area (Å²) >= 11 is 0. The van der Waals surface area contributed by atoms with Crippen molar-refractivity contribution in [2.45, 2.75) is 45.6 Å². The van der Waals surface area contributed by atoms with Crippen molar-refractivity contribution in [3.05, 3.63) is 35.9 Å². The van der Waals surface area contributed by atoms with Gasteiger partial charge in [0.1, 0.15) is 0 Å².